The van der Waals surface area contributed by atoms with Gasteiger partial charge in [-0.2, -0.15) is 0 Å². The standard InChI is InChI=1S/C14H22O2S/c1-9(2)12-7-17(15,16)8-13(10(3)4)14(12)11(5)6/h7-8H2,1-6H3. The van der Waals surface area contributed by atoms with E-state index in [1.807, 2.05) is 27.7 Å². The van der Waals surface area contributed by atoms with Crippen molar-refractivity contribution in [1.82, 2.24) is 0 Å². The van der Waals surface area contributed by atoms with Gasteiger partial charge in [0.05, 0.1) is 11.5 Å². The van der Waals surface area contributed by atoms with E-state index in [0.717, 1.165) is 22.3 Å². The molecule has 0 radical (unpaired) electrons. The van der Waals surface area contributed by atoms with E-state index in [2.05, 4.69) is 13.8 Å². The van der Waals surface area contributed by atoms with Crippen molar-refractivity contribution in [2.24, 2.45) is 0 Å². The van der Waals surface area contributed by atoms with Crippen LogP contribution in [0.1, 0.15) is 41.5 Å². The van der Waals surface area contributed by atoms with Crippen LogP contribution in [-0.4, -0.2) is 19.9 Å². The van der Waals surface area contributed by atoms with Crippen LogP contribution in [-0.2, 0) is 9.84 Å². The molecular formula is C14H22O2S. The van der Waals surface area contributed by atoms with E-state index in [9.17, 15) is 8.42 Å². The Labute approximate surface area is 105 Å². The maximum atomic E-state index is 12.0. The third-order valence-electron chi connectivity index (χ3n) is 3.04. The quantitative estimate of drug-likeness (QED) is 0.663. The van der Waals surface area contributed by atoms with Crippen LogP contribution >= 0.6 is 0 Å². The molecule has 0 bridgehead atoms. The van der Waals surface area contributed by atoms with Crippen molar-refractivity contribution < 1.29 is 8.42 Å². The molecule has 0 atom stereocenters. The van der Waals surface area contributed by atoms with Crippen molar-refractivity contribution in [2.75, 3.05) is 11.5 Å². The third kappa shape index (κ3) is 3.09. The second-order valence-corrected chi connectivity index (χ2v) is 7.43. The lowest BCUT2D eigenvalue weighted by Crippen LogP contribution is -2.25. The Morgan fingerprint density at radius 2 is 1.12 bits per heavy atom. The van der Waals surface area contributed by atoms with Crippen LogP contribution in [0.2, 0.25) is 0 Å². The first-order chi connectivity index (χ1) is 7.65. The topological polar surface area (TPSA) is 34.1 Å². The fraction of sp³-hybridized carbons (Fsp3) is 0.571. The lowest BCUT2D eigenvalue weighted by atomic mass is 9.90. The first kappa shape index (κ1) is 14.2. The normalized spacial score (nSPS) is 19.3. The van der Waals surface area contributed by atoms with Crippen molar-refractivity contribution in [3.8, 4) is 0 Å². The van der Waals surface area contributed by atoms with E-state index in [-0.39, 0.29) is 11.5 Å². The minimum Gasteiger partial charge on any atom is -0.228 e. The lowest BCUT2D eigenvalue weighted by molar-refractivity contribution is 0.598. The Bertz CT molecular complexity index is 481. The van der Waals surface area contributed by atoms with Crippen molar-refractivity contribution >= 4 is 9.84 Å². The van der Waals surface area contributed by atoms with Gasteiger partial charge in [-0.3, -0.25) is 0 Å². The molecule has 96 valence electrons. The van der Waals surface area contributed by atoms with Crippen molar-refractivity contribution in [3.05, 3.63) is 33.4 Å². The Morgan fingerprint density at radius 3 is 1.35 bits per heavy atom. The number of hydrogen-bond donors (Lipinski definition) is 0. The highest BCUT2D eigenvalue weighted by Gasteiger charge is 2.29. The zero-order chi connectivity index (χ0) is 13.4. The molecule has 1 saturated heterocycles. The van der Waals surface area contributed by atoms with Crippen LogP contribution in [0.15, 0.2) is 33.4 Å². The van der Waals surface area contributed by atoms with Crippen LogP contribution in [0.3, 0.4) is 0 Å². The summed E-state index contributed by atoms with van der Waals surface area (Å²) >= 11 is 0. The molecule has 0 aromatic carbocycles. The highest BCUT2D eigenvalue weighted by molar-refractivity contribution is 7.91. The molecule has 0 spiro atoms. The van der Waals surface area contributed by atoms with Crippen molar-refractivity contribution in [2.45, 2.75) is 41.5 Å². The lowest BCUT2D eigenvalue weighted by Gasteiger charge is -2.26. The zero-order valence-electron chi connectivity index (χ0n) is 11.6. The Balaban J connectivity index is 3.60. The molecule has 1 rings (SSSR count). The van der Waals surface area contributed by atoms with Crippen molar-refractivity contribution in [1.29, 1.82) is 0 Å². The van der Waals surface area contributed by atoms with E-state index in [0.29, 0.717) is 0 Å². The molecule has 17 heavy (non-hydrogen) atoms. The first-order valence-corrected chi connectivity index (χ1v) is 7.69. The van der Waals surface area contributed by atoms with Gasteiger partial charge in [-0.05, 0) is 58.3 Å². The summed E-state index contributed by atoms with van der Waals surface area (Å²) in [5.74, 6) is 0.374. The second kappa shape index (κ2) is 4.81. The summed E-state index contributed by atoms with van der Waals surface area (Å²) in [4.78, 5) is 0. The van der Waals surface area contributed by atoms with Gasteiger partial charge in [0.15, 0.2) is 9.84 Å². The molecule has 1 fully saturated rings. The third-order valence-corrected chi connectivity index (χ3v) is 4.50. The van der Waals surface area contributed by atoms with E-state index in [1.165, 1.54) is 11.1 Å². The Hall–Kier alpha value is -0.830. The fourth-order valence-corrected chi connectivity index (χ4v) is 4.06. The summed E-state index contributed by atoms with van der Waals surface area (Å²) in [7, 11) is -2.99. The predicted molar refractivity (Wildman–Crippen MR) is 73.8 cm³/mol. The Kier molecular flexibility index (Phi) is 4.03. The largest absolute Gasteiger partial charge is 0.228 e. The van der Waals surface area contributed by atoms with E-state index >= 15 is 0 Å². The minimum absolute atomic E-state index is 0.187. The number of allylic oxidation sites excluding steroid dienone is 4. The van der Waals surface area contributed by atoms with Crippen LogP contribution in [0.5, 0.6) is 0 Å². The van der Waals surface area contributed by atoms with E-state index in [1.54, 1.807) is 0 Å². The fourth-order valence-electron chi connectivity index (χ4n) is 2.21. The van der Waals surface area contributed by atoms with E-state index in [4.69, 9.17) is 0 Å². The molecule has 3 heteroatoms. The molecule has 0 unspecified atom stereocenters. The van der Waals surface area contributed by atoms with Gasteiger partial charge in [-0.15, -0.1) is 0 Å². The van der Waals surface area contributed by atoms with Gasteiger partial charge in [-0.1, -0.05) is 16.7 Å². The molecule has 1 aliphatic rings. The average molecular weight is 254 g/mol. The summed E-state index contributed by atoms with van der Waals surface area (Å²) in [6.07, 6.45) is 0. The first-order valence-electron chi connectivity index (χ1n) is 5.87. The van der Waals surface area contributed by atoms with E-state index < -0.39 is 9.84 Å². The van der Waals surface area contributed by atoms with Gasteiger partial charge >= 0.3 is 0 Å². The number of hydrogen-bond acceptors (Lipinski definition) is 2. The van der Waals surface area contributed by atoms with Crippen molar-refractivity contribution in [3.63, 3.8) is 0 Å². The van der Waals surface area contributed by atoms with Gasteiger partial charge in [0.25, 0.3) is 0 Å². The molecule has 1 heterocycles. The highest BCUT2D eigenvalue weighted by Crippen LogP contribution is 2.34. The zero-order valence-corrected chi connectivity index (χ0v) is 12.5. The van der Waals surface area contributed by atoms with Gasteiger partial charge in [-0.25, -0.2) is 8.42 Å². The molecule has 2 nitrogen and oxygen atoms in total. The van der Waals surface area contributed by atoms with Gasteiger partial charge in [0.2, 0.25) is 0 Å². The van der Waals surface area contributed by atoms with Crippen LogP contribution in [0, 0.1) is 0 Å². The van der Waals surface area contributed by atoms with Gasteiger partial charge in [0, 0.05) is 0 Å². The van der Waals surface area contributed by atoms with Crippen LogP contribution in [0.25, 0.3) is 0 Å². The average Bonchev–Trinajstić information content (AvgIpc) is 2.14. The van der Waals surface area contributed by atoms with Gasteiger partial charge in [0.1, 0.15) is 0 Å². The molecule has 0 saturated carbocycles. The van der Waals surface area contributed by atoms with Gasteiger partial charge < -0.3 is 0 Å². The molecular weight excluding hydrogens is 232 g/mol. The predicted octanol–water partition coefficient (Wildman–Crippen LogP) is 3.42. The molecule has 0 aromatic rings. The molecule has 1 aliphatic heterocycles. The summed E-state index contributed by atoms with van der Waals surface area (Å²) in [6, 6.07) is 0. The van der Waals surface area contributed by atoms with Crippen LogP contribution < -0.4 is 0 Å². The second-order valence-electron chi connectivity index (χ2n) is 5.36. The molecule has 0 aromatic heterocycles. The van der Waals surface area contributed by atoms with Crippen LogP contribution in [0.4, 0.5) is 0 Å². The smallest absolute Gasteiger partial charge is 0.158 e. The SMILES string of the molecule is CC(C)=C1CS(=O)(=O)CC(=C(C)C)C1=C(C)C. The number of rotatable bonds is 0. The summed E-state index contributed by atoms with van der Waals surface area (Å²) in [6.45, 7) is 12.1. The molecule has 0 aliphatic carbocycles. The summed E-state index contributed by atoms with van der Waals surface area (Å²) < 4.78 is 23.9. The summed E-state index contributed by atoms with van der Waals surface area (Å²) in [5.41, 5.74) is 6.55. The molecule has 0 N–H and O–H groups in total. The summed E-state index contributed by atoms with van der Waals surface area (Å²) in [5, 5.41) is 0. The maximum absolute atomic E-state index is 12.0. The monoisotopic (exact) mass is 254 g/mol. The molecule has 0 amide bonds. The highest BCUT2D eigenvalue weighted by atomic mass is 32.2. The maximum Gasteiger partial charge on any atom is 0.158 e. The Morgan fingerprint density at radius 1 is 0.765 bits per heavy atom. The number of sulfone groups is 1. The minimum atomic E-state index is -2.99.